The molecule has 6 aromatic heterocycles. The number of amides is 2. The minimum atomic E-state index is -0.320. The van der Waals surface area contributed by atoms with Gasteiger partial charge in [-0.25, -0.2) is 0 Å². The number of nitrogens with zero attached hydrogens (tertiary/aromatic N) is 7. The summed E-state index contributed by atoms with van der Waals surface area (Å²) in [6.07, 6.45) is 12.0. The number of H-pyrrole nitrogens is 2. The van der Waals surface area contributed by atoms with Crippen molar-refractivity contribution in [3.63, 3.8) is 0 Å². The Morgan fingerprint density at radius 3 is 2.01 bits per heavy atom. The number of methoxy groups -OCH3 is 3. The van der Waals surface area contributed by atoms with Crippen LogP contribution in [0.25, 0.3) is 44.3 Å². The predicted molar refractivity (Wildman–Crippen MR) is 259 cm³/mol. The van der Waals surface area contributed by atoms with E-state index in [0.717, 1.165) is 35.1 Å². The number of pyridine rings is 1. The molecule has 0 saturated carbocycles. The number of hydrogen-bond donors (Lipinski definition) is 6. The zero-order valence-electron chi connectivity index (χ0n) is 39.0. The molecule has 2 amide bonds. The first-order valence-electron chi connectivity index (χ1n) is 22.3. The Labute approximate surface area is 400 Å². The van der Waals surface area contributed by atoms with Crippen LogP contribution in [0.5, 0.6) is 29.0 Å². The minimum Gasteiger partial charge on any atom is -0.495 e. The average molecular weight is 954 g/mol. The van der Waals surface area contributed by atoms with Gasteiger partial charge >= 0.3 is 0 Å². The molecule has 0 spiro atoms. The van der Waals surface area contributed by atoms with Crippen LogP contribution in [0.4, 0.5) is 23.3 Å². The van der Waals surface area contributed by atoms with Gasteiger partial charge in [0.15, 0.2) is 0 Å². The summed E-state index contributed by atoms with van der Waals surface area (Å²) in [5.41, 5.74) is 6.23. The summed E-state index contributed by atoms with van der Waals surface area (Å²) in [6.45, 7) is 1.96. The number of fused-ring (bicyclic) bond motifs is 2. The van der Waals surface area contributed by atoms with Crippen LogP contribution in [-0.2, 0) is 16.5 Å². The fourth-order valence-corrected chi connectivity index (χ4v) is 7.84. The van der Waals surface area contributed by atoms with Crippen molar-refractivity contribution in [3.05, 3.63) is 90.8 Å². The Morgan fingerprint density at radius 1 is 0.743 bits per heavy atom. The zero-order chi connectivity index (χ0) is 48.6. The molecule has 1 aliphatic rings. The summed E-state index contributed by atoms with van der Waals surface area (Å²) >= 11 is 0. The van der Waals surface area contributed by atoms with Crippen LogP contribution >= 0.6 is 0 Å². The molecular formula is C48H51N13O9. The molecule has 8 aromatic rings. The third kappa shape index (κ3) is 10.3. The van der Waals surface area contributed by atoms with E-state index in [4.69, 9.17) is 53.1 Å². The molecule has 0 bridgehead atoms. The number of rotatable bonds is 20. The number of aromatic nitrogens is 9. The summed E-state index contributed by atoms with van der Waals surface area (Å²) in [5.74, 6) is 2.06. The molecule has 0 radical (unpaired) electrons. The van der Waals surface area contributed by atoms with Gasteiger partial charge in [-0.05, 0) is 42.5 Å². The van der Waals surface area contributed by atoms with E-state index in [1.165, 1.54) is 14.2 Å². The van der Waals surface area contributed by atoms with Crippen LogP contribution in [0.1, 0.15) is 33.6 Å². The number of anilines is 4. The molecule has 1 fully saturated rings. The summed E-state index contributed by atoms with van der Waals surface area (Å²) in [4.78, 5) is 55.4. The Bertz CT molecular complexity index is 3150. The lowest BCUT2D eigenvalue weighted by atomic mass is 10.1. The number of aryl methyl sites for hydroxylation is 1. The lowest BCUT2D eigenvalue weighted by Crippen LogP contribution is -2.27. The van der Waals surface area contributed by atoms with Crippen LogP contribution in [0.3, 0.4) is 0 Å². The van der Waals surface area contributed by atoms with Crippen LogP contribution in [0, 0.1) is 0 Å². The van der Waals surface area contributed by atoms with Gasteiger partial charge in [0.25, 0.3) is 11.8 Å². The highest BCUT2D eigenvalue weighted by Crippen LogP contribution is 2.39. The van der Waals surface area contributed by atoms with E-state index in [1.807, 2.05) is 31.7 Å². The molecule has 0 aliphatic carbocycles. The highest BCUT2D eigenvalue weighted by Gasteiger charge is 2.24. The largest absolute Gasteiger partial charge is 0.495 e. The average Bonchev–Trinajstić information content (AvgIpc) is 4.15. The number of hydrogen-bond acceptors (Lipinski definition) is 17. The van der Waals surface area contributed by atoms with E-state index in [-0.39, 0.29) is 56.2 Å². The first kappa shape index (κ1) is 46.6. The van der Waals surface area contributed by atoms with Crippen molar-refractivity contribution in [1.82, 2.24) is 55.3 Å². The number of nitrogens with one attached hydrogen (secondary N) is 6. The lowest BCUT2D eigenvalue weighted by Gasteiger charge is -2.23. The molecule has 0 atom stereocenters. The van der Waals surface area contributed by atoms with Crippen LogP contribution in [-0.4, -0.2) is 131 Å². The maximum absolute atomic E-state index is 13.3. The van der Waals surface area contributed by atoms with E-state index >= 15 is 0 Å². The summed E-state index contributed by atoms with van der Waals surface area (Å²) in [6, 6.07) is 11.9. The molecule has 0 unspecified atom stereocenters. The van der Waals surface area contributed by atoms with Crippen molar-refractivity contribution in [3.8, 4) is 51.3 Å². The number of carbonyl (C=O) groups excluding carboxylic acids is 2. The van der Waals surface area contributed by atoms with Gasteiger partial charge in [0, 0.05) is 91.6 Å². The second-order valence-corrected chi connectivity index (χ2v) is 15.9. The quantitative estimate of drug-likeness (QED) is 0.0483. The van der Waals surface area contributed by atoms with Gasteiger partial charge in [0.05, 0.1) is 82.3 Å². The molecule has 7 heterocycles. The molecule has 22 heteroatoms. The third-order valence-corrected chi connectivity index (χ3v) is 11.4. The second-order valence-electron chi connectivity index (χ2n) is 15.9. The molecule has 70 heavy (non-hydrogen) atoms. The van der Waals surface area contributed by atoms with Gasteiger partial charge in [-0.1, -0.05) is 0 Å². The topological polar surface area (TPSA) is 261 Å². The Kier molecular flexibility index (Phi) is 14.1. The maximum Gasteiger partial charge on any atom is 0.251 e. The number of benzene rings is 2. The fourth-order valence-electron chi connectivity index (χ4n) is 7.84. The maximum atomic E-state index is 13.3. The van der Waals surface area contributed by atoms with Crippen molar-refractivity contribution in [2.24, 2.45) is 7.05 Å². The summed E-state index contributed by atoms with van der Waals surface area (Å²) in [7, 11) is 8.02. The fraction of sp³-hybridized carbons (Fsp3) is 0.292. The molecule has 22 nitrogen and oxygen atoms in total. The van der Waals surface area contributed by atoms with Crippen molar-refractivity contribution in [1.29, 1.82) is 0 Å². The molecular weight excluding hydrogens is 903 g/mol. The van der Waals surface area contributed by atoms with Crippen LogP contribution in [0.2, 0.25) is 0 Å². The van der Waals surface area contributed by atoms with Crippen LogP contribution < -0.4 is 45.0 Å². The Hall–Kier alpha value is -8.50. The predicted octanol–water partition coefficient (Wildman–Crippen LogP) is 5.95. The number of ether oxygens (including phenoxy) is 7. The van der Waals surface area contributed by atoms with Gasteiger partial charge in [-0.15, -0.1) is 0 Å². The monoisotopic (exact) mass is 953 g/mol. The van der Waals surface area contributed by atoms with Crippen molar-refractivity contribution in [2.45, 2.75) is 18.9 Å². The van der Waals surface area contributed by atoms with Gasteiger partial charge in [-0.2, -0.15) is 25.0 Å². The highest BCUT2D eigenvalue weighted by atomic mass is 16.5. The molecule has 9 rings (SSSR count). The second kappa shape index (κ2) is 21.2. The van der Waals surface area contributed by atoms with Crippen LogP contribution in [0.15, 0.2) is 79.6 Å². The normalized spacial score (nSPS) is 12.7. The smallest absolute Gasteiger partial charge is 0.251 e. The minimum absolute atomic E-state index is 0.0960. The number of carbonyl (C=O) groups is 2. The summed E-state index contributed by atoms with van der Waals surface area (Å²) < 4.78 is 42.6. The van der Waals surface area contributed by atoms with E-state index in [2.05, 4.69) is 41.3 Å². The Balaban J connectivity index is 0.830. The van der Waals surface area contributed by atoms with Gasteiger partial charge in [-0.3, -0.25) is 19.3 Å². The van der Waals surface area contributed by atoms with Gasteiger partial charge in [0.2, 0.25) is 23.7 Å². The van der Waals surface area contributed by atoms with E-state index in [0.29, 0.717) is 86.8 Å². The molecule has 1 aliphatic heterocycles. The van der Waals surface area contributed by atoms with E-state index < -0.39 is 0 Å². The third-order valence-electron chi connectivity index (χ3n) is 11.4. The highest BCUT2D eigenvalue weighted by molar-refractivity contribution is 5.99. The molecule has 2 aromatic carbocycles. The lowest BCUT2D eigenvalue weighted by molar-refractivity contribution is 0.0244. The molecule has 362 valence electrons. The molecule has 1 saturated heterocycles. The standard InChI is InChI=1S/C48H51N13O9/c1-49-43(62)27-6-8-35(37(19-27)65-4)55-47-57-41-39(34(25-53-41)30-22-54-61(2)26-30)45(59-47)69-17-16-68-15-12-51-44(63)28-7-9-36(38(20-28)66-5)56-48-58-42-40(46(60-48)70-31-10-13-67-14-11-31)33(24-52-42)29-18-32(64-3)23-50-21-29/h6-9,18-26,31H,10-17H2,1-5H3,(H,49,62)(H,51,63)(H2,52,56,58,60)(H2,53,55,57,59). The van der Waals surface area contributed by atoms with Gasteiger partial charge in [0.1, 0.15) is 41.3 Å². The molecule has 6 N–H and O–H groups in total. The number of aromatic amines is 2. The first-order chi connectivity index (χ1) is 34.2. The summed E-state index contributed by atoms with van der Waals surface area (Å²) in [5, 5.41) is 17.6. The van der Waals surface area contributed by atoms with E-state index in [9.17, 15) is 9.59 Å². The first-order valence-corrected chi connectivity index (χ1v) is 22.3. The van der Waals surface area contributed by atoms with Crippen molar-refractivity contribution in [2.75, 3.05) is 78.6 Å². The zero-order valence-corrected chi connectivity index (χ0v) is 39.0. The van der Waals surface area contributed by atoms with Crippen molar-refractivity contribution >= 4 is 57.2 Å². The Morgan fingerprint density at radius 2 is 1.39 bits per heavy atom. The van der Waals surface area contributed by atoms with E-state index in [1.54, 1.807) is 73.8 Å². The SMILES string of the molecule is CNC(=O)c1ccc(Nc2nc(OCCOCCNC(=O)c3ccc(Nc4nc(OC5CCOCC5)c5c(-c6cncc(OC)c6)c[nH]c5n4)c(OC)c3)c3c(-c4cnn(C)c4)c[nH]c3n2)c(OC)c1. The van der Waals surface area contributed by atoms with Gasteiger partial charge < -0.3 is 64.4 Å². The van der Waals surface area contributed by atoms with Crippen molar-refractivity contribution < 1.29 is 42.7 Å².